The molecule has 0 spiro atoms. The summed E-state index contributed by atoms with van der Waals surface area (Å²) in [5.41, 5.74) is 3.49. The topological polar surface area (TPSA) is 132 Å². The van der Waals surface area contributed by atoms with E-state index in [0.29, 0.717) is 5.56 Å². The highest BCUT2D eigenvalue weighted by Crippen LogP contribution is 2.22. The number of fused-ring (bicyclic) bond motifs is 1. The van der Waals surface area contributed by atoms with Crippen molar-refractivity contribution >= 4 is 28.5 Å². The minimum Gasteiger partial charge on any atom is -0.382 e. The molecule has 0 aliphatic carbocycles. The van der Waals surface area contributed by atoms with Gasteiger partial charge in [-0.25, -0.2) is 5.48 Å². The Bertz CT molecular complexity index is 1110. The van der Waals surface area contributed by atoms with Crippen LogP contribution in [-0.4, -0.2) is 45.0 Å². The maximum atomic E-state index is 13.5. The van der Waals surface area contributed by atoms with E-state index in [1.807, 2.05) is 68.4 Å². The van der Waals surface area contributed by atoms with Crippen molar-refractivity contribution in [3.63, 3.8) is 0 Å². The molecule has 0 aliphatic rings. The van der Waals surface area contributed by atoms with Crippen LogP contribution in [0.5, 0.6) is 0 Å². The lowest BCUT2D eigenvalue weighted by Crippen LogP contribution is -2.50. The van der Waals surface area contributed by atoms with Gasteiger partial charge in [-0.3, -0.25) is 19.6 Å². The van der Waals surface area contributed by atoms with Crippen molar-refractivity contribution in [2.24, 2.45) is 11.8 Å². The molecule has 8 heteroatoms. The molecule has 33 heavy (non-hydrogen) atoms. The van der Waals surface area contributed by atoms with Gasteiger partial charge in [-0.05, 0) is 24.0 Å². The predicted molar refractivity (Wildman–Crippen MR) is 124 cm³/mol. The third-order valence-electron chi connectivity index (χ3n) is 5.59. The zero-order chi connectivity index (χ0) is 24.0. The third kappa shape index (κ3) is 5.85. The second-order valence-electron chi connectivity index (χ2n) is 8.52. The number of aromatic amines is 1. The highest BCUT2D eigenvalue weighted by atomic mass is 16.5. The number of hydrogen-bond donors (Lipinski definition) is 5. The van der Waals surface area contributed by atoms with Crippen LogP contribution in [-0.2, 0) is 16.0 Å². The molecule has 1 heterocycles. The average molecular weight is 452 g/mol. The summed E-state index contributed by atoms with van der Waals surface area (Å²) in [7, 11) is 0. The Balaban J connectivity index is 1.92. The van der Waals surface area contributed by atoms with Gasteiger partial charge < -0.3 is 15.4 Å². The fraction of sp³-hybridized carbons (Fsp3) is 0.320. The summed E-state index contributed by atoms with van der Waals surface area (Å²) >= 11 is 0. The van der Waals surface area contributed by atoms with E-state index >= 15 is 0 Å². The number of benzene rings is 2. The van der Waals surface area contributed by atoms with Crippen molar-refractivity contribution in [3.05, 3.63) is 71.9 Å². The van der Waals surface area contributed by atoms with Crippen LogP contribution < -0.4 is 10.8 Å². The molecule has 0 saturated carbocycles. The lowest BCUT2D eigenvalue weighted by Gasteiger charge is -2.25. The number of Topliss-reactive ketones (excluding diaryl/α,β-unsaturated/α-hetero) is 1. The van der Waals surface area contributed by atoms with E-state index < -0.39 is 29.9 Å². The summed E-state index contributed by atoms with van der Waals surface area (Å²) in [6.07, 6.45) is 0.302. The molecule has 174 valence electrons. The second-order valence-corrected chi connectivity index (χ2v) is 8.52. The van der Waals surface area contributed by atoms with Crippen LogP contribution in [0.25, 0.3) is 10.9 Å². The van der Waals surface area contributed by atoms with Crippen LogP contribution in [0.3, 0.4) is 0 Å². The molecule has 0 unspecified atom stereocenters. The number of ketones is 1. The summed E-state index contributed by atoms with van der Waals surface area (Å²) in [4.78, 5) is 41.6. The first-order valence-electron chi connectivity index (χ1n) is 10.9. The number of H-pyrrole nitrogens is 1. The van der Waals surface area contributed by atoms with Crippen molar-refractivity contribution in [1.82, 2.24) is 15.8 Å². The van der Waals surface area contributed by atoms with Crippen LogP contribution in [0.2, 0.25) is 0 Å². The fourth-order valence-electron chi connectivity index (χ4n) is 3.94. The first kappa shape index (κ1) is 24.2. The van der Waals surface area contributed by atoms with Gasteiger partial charge in [0.25, 0.3) is 5.91 Å². The SMILES string of the molecule is CC(C)C[C@@H](C(=O)N[C@@H](Cc1ccccc1)C(=O)c1c[nH]c2ccccc12)[C@H](O)C(=O)NO. The number of nitrogens with one attached hydrogen (secondary N) is 3. The maximum Gasteiger partial charge on any atom is 0.272 e. The van der Waals surface area contributed by atoms with E-state index in [1.54, 1.807) is 6.20 Å². The lowest BCUT2D eigenvalue weighted by molar-refractivity contribution is -0.146. The van der Waals surface area contributed by atoms with Gasteiger partial charge in [0, 0.05) is 29.1 Å². The van der Waals surface area contributed by atoms with Gasteiger partial charge in [0.1, 0.15) is 6.10 Å². The first-order chi connectivity index (χ1) is 15.8. The van der Waals surface area contributed by atoms with Gasteiger partial charge in [-0.15, -0.1) is 0 Å². The van der Waals surface area contributed by atoms with Gasteiger partial charge >= 0.3 is 0 Å². The van der Waals surface area contributed by atoms with Crippen LogP contribution in [0.15, 0.2) is 60.8 Å². The number of amides is 2. The van der Waals surface area contributed by atoms with Crippen LogP contribution in [0, 0.1) is 11.8 Å². The number of carbonyl (C=O) groups is 3. The Morgan fingerprint density at radius 2 is 1.64 bits per heavy atom. The number of para-hydroxylation sites is 1. The van der Waals surface area contributed by atoms with Crippen molar-refractivity contribution in [2.75, 3.05) is 0 Å². The van der Waals surface area contributed by atoms with Crippen molar-refractivity contribution in [3.8, 4) is 0 Å². The molecule has 3 atom stereocenters. The number of aromatic nitrogens is 1. The quantitative estimate of drug-likeness (QED) is 0.184. The zero-order valence-corrected chi connectivity index (χ0v) is 18.6. The van der Waals surface area contributed by atoms with Gasteiger partial charge in [-0.1, -0.05) is 62.4 Å². The van der Waals surface area contributed by atoms with Gasteiger partial charge in [-0.2, -0.15) is 0 Å². The molecule has 0 saturated heterocycles. The average Bonchev–Trinajstić information content (AvgIpc) is 3.25. The molecule has 0 radical (unpaired) electrons. The van der Waals surface area contributed by atoms with E-state index in [-0.39, 0.29) is 24.5 Å². The van der Waals surface area contributed by atoms with Crippen LogP contribution in [0.4, 0.5) is 0 Å². The molecule has 1 aromatic heterocycles. The summed E-state index contributed by atoms with van der Waals surface area (Å²) in [6, 6.07) is 15.8. The van der Waals surface area contributed by atoms with E-state index in [4.69, 9.17) is 5.21 Å². The van der Waals surface area contributed by atoms with E-state index in [9.17, 15) is 19.5 Å². The van der Waals surface area contributed by atoms with E-state index in [1.165, 1.54) is 5.48 Å². The van der Waals surface area contributed by atoms with Crippen LogP contribution >= 0.6 is 0 Å². The predicted octanol–water partition coefficient (Wildman–Crippen LogP) is 2.61. The van der Waals surface area contributed by atoms with Gasteiger partial charge in [0.05, 0.1) is 12.0 Å². The molecular weight excluding hydrogens is 422 g/mol. The summed E-state index contributed by atoms with van der Waals surface area (Å²) in [6.45, 7) is 3.70. The fourth-order valence-corrected chi connectivity index (χ4v) is 3.94. The molecule has 0 fully saturated rings. The third-order valence-corrected chi connectivity index (χ3v) is 5.59. The minimum atomic E-state index is -1.75. The van der Waals surface area contributed by atoms with Gasteiger partial charge in [0.2, 0.25) is 5.91 Å². The molecule has 0 aliphatic heterocycles. The summed E-state index contributed by atoms with van der Waals surface area (Å²) < 4.78 is 0. The number of hydroxylamine groups is 1. The highest BCUT2D eigenvalue weighted by Gasteiger charge is 2.35. The number of rotatable bonds is 10. The van der Waals surface area contributed by atoms with E-state index in [2.05, 4.69) is 10.3 Å². The Morgan fingerprint density at radius 1 is 0.970 bits per heavy atom. The minimum absolute atomic E-state index is 0.0150. The van der Waals surface area contributed by atoms with Crippen molar-refractivity contribution in [2.45, 2.75) is 38.8 Å². The molecule has 2 amide bonds. The second kappa shape index (κ2) is 10.9. The molecule has 2 aromatic carbocycles. The lowest BCUT2D eigenvalue weighted by atomic mass is 9.89. The Hall–Kier alpha value is -3.49. The number of aliphatic hydroxyl groups is 1. The number of hydrogen-bond acceptors (Lipinski definition) is 5. The molecule has 8 nitrogen and oxygen atoms in total. The zero-order valence-electron chi connectivity index (χ0n) is 18.6. The standard InChI is InChI=1S/C25H29N3O5/c1-15(2)12-18(23(30)25(32)28-33)24(31)27-21(13-16-8-4-3-5-9-16)22(29)19-14-26-20-11-7-6-10-17(19)20/h3-11,14-15,18,21,23,26,30,33H,12-13H2,1-2H3,(H,27,31)(H,28,32)/t18-,21+,23+/m1/s1. The van der Waals surface area contributed by atoms with Crippen molar-refractivity contribution < 1.29 is 24.7 Å². The normalized spacial score (nSPS) is 14.0. The smallest absolute Gasteiger partial charge is 0.272 e. The summed E-state index contributed by atoms with van der Waals surface area (Å²) in [5.74, 6) is -3.13. The molecule has 3 aromatic rings. The number of aliphatic hydroxyl groups excluding tert-OH is 1. The summed E-state index contributed by atoms with van der Waals surface area (Å²) in [5, 5.41) is 22.8. The number of carbonyl (C=O) groups excluding carboxylic acids is 3. The Labute approximate surface area is 192 Å². The monoisotopic (exact) mass is 451 g/mol. The molecular formula is C25H29N3O5. The van der Waals surface area contributed by atoms with Gasteiger partial charge in [0.15, 0.2) is 5.78 Å². The maximum absolute atomic E-state index is 13.5. The van der Waals surface area contributed by atoms with Crippen molar-refractivity contribution in [1.29, 1.82) is 0 Å². The highest BCUT2D eigenvalue weighted by molar-refractivity contribution is 6.11. The Morgan fingerprint density at radius 3 is 2.30 bits per heavy atom. The van der Waals surface area contributed by atoms with E-state index in [0.717, 1.165) is 16.5 Å². The Kier molecular flexibility index (Phi) is 7.97. The molecule has 0 bridgehead atoms. The molecule has 3 rings (SSSR count). The molecule has 5 N–H and O–H groups in total. The largest absolute Gasteiger partial charge is 0.382 e. The first-order valence-corrected chi connectivity index (χ1v) is 10.9. The van der Waals surface area contributed by atoms with Crippen LogP contribution in [0.1, 0.15) is 36.2 Å².